The molecule has 9 heteroatoms. The smallest absolute Gasteiger partial charge is 0.167 e. The normalized spacial score (nSPS) is 33.4. The van der Waals surface area contributed by atoms with E-state index in [0.29, 0.717) is 17.0 Å². The number of hydrogen-bond donors (Lipinski definition) is 2. The van der Waals surface area contributed by atoms with Gasteiger partial charge in [0.1, 0.15) is 30.2 Å². The third kappa shape index (κ3) is 1.90. The van der Waals surface area contributed by atoms with Crippen molar-refractivity contribution in [2.45, 2.75) is 44.2 Å². The Kier molecular flexibility index (Phi) is 2.89. The zero-order valence-corrected chi connectivity index (χ0v) is 12.2. The number of hydrogen-bond acceptors (Lipinski definition) is 8. The molecule has 0 aromatic carbocycles. The van der Waals surface area contributed by atoms with Crippen LogP contribution in [-0.2, 0) is 14.2 Å². The van der Waals surface area contributed by atoms with Gasteiger partial charge in [-0.2, -0.15) is 0 Å². The number of aromatic nitrogens is 4. The Balaban J connectivity index is 1.77. The first kappa shape index (κ1) is 13.8. The lowest BCUT2D eigenvalue weighted by Crippen LogP contribution is -2.31. The van der Waals surface area contributed by atoms with Crippen LogP contribution in [0.3, 0.4) is 0 Å². The molecular formula is C13H17N5O4. The van der Waals surface area contributed by atoms with E-state index in [4.69, 9.17) is 19.9 Å². The fourth-order valence-electron chi connectivity index (χ4n) is 3.09. The van der Waals surface area contributed by atoms with Gasteiger partial charge < -0.3 is 25.1 Å². The van der Waals surface area contributed by atoms with Crippen molar-refractivity contribution in [2.75, 3.05) is 12.3 Å². The Hall–Kier alpha value is -1.81. The summed E-state index contributed by atoms with van der Waals surface area (Å²) in [6.45, 7) is 3.52. The van der Waals surface area contributed by atoms with Gasteiger partial charge in [-0.15, -0.1) is 0 Å². The molecule has 2 aromatic heterocycles. The van der Waals surface area contributed by atoms with Gasteiger partial charge in [-0.05, 0) is 13.8 Å². The molecule has 0 saturated carbocycles. The number of nitrogens with zero attached hydrogens (tertiary/aromatic N) is 4. The Morgan fingerprint density at radius 3 is 2.82 bits per heavy atom. The highest BCUT2D eigenvalue weighted by molar-refractivity contribution is 5.81. The number of anilines is 1. The Labute approximate surface area is 126 Å². The zero-order chi connectivity index (χ0) is 15.5. The van der Waals surface area contributed by atoms with Crippen molar-refractivity contribution in [3.63, 3.8) is 0 Å². The predicted octanol–water partition coefficient (Wildman–Crippen LogP) is -0.182. The summed E-state index contributed by atoms with van der Waals surface area (Å²) in [5, 5.41) is 9.52. The number of fused-ring (bicyclic) bond motifs is 2. The SMILES string of the molecule is CC1(C)OC2C(n3cnc4c(N)ncnc43)O[C@H](CO)[C@H]2O1. The minimum absolute atomic E-state index is 0.152. The molecule has 0 aliphatic carbocycles. The quantitative estimate of drug-likeness (QED) is 0.784. The van der Waals surface area contributed by atoms with E-state index in [2.05, 4.69) is 15.0 Å². The molecule has 4 atom stereocenters. The van der Waals surface area contributed by atoms with Crippen molar-refractivity contribution in [3.8, 4) is 0 Å². The van der Waals surface area contributed by atoms with Crippen molar-refractivity contribution in [1.29, 1.82) is 0 Å². The molecule has 118 valence electrons. The largest absolute Gasteiger partial charge is 0.394 e. The van der Waals surface area contributed by atoms with Gasteiger partial charge in [0.15, 0.2) is 23.5 Å². The third-order valence-corrected chi connectivity index (χ3v) is 3.97. The fourth-order valence-corrected chi connectivity index (χ4v) is 3.09. The monoisotopic (exact) mass is 307 g/mol. The second-order valence-corrected chi connectivity index (χ2v) is 5.90. The average Bonchev–Trinajstić information content (AvgIpc) is 3.10. The van der Waals surface area contributed by atoms with Gasteiger partial charge in [-0.1, -0.05) is 0 Å². The van der Waals surface area contributed by atoms with Crippen molar-refractivity contribution in [1.82, 2.24) is 19.5 Å². The number of imidazole rings is 1. The average molecular weight is 307 g/mol. The molecule has 0 spiro atoms. The van der Waals surface area contributed by atoms with Crippen LogP contribution >= 0.6 is 0 Å². The highest BCUT2D eigenvalue weighted by Gasteiger charge is 2.55. The molecule has 0 radical (unpaired) electrons. The Bertz CT molecular complexity index is 718. The second-order valence-electron chi connectivity index (χ2n) is 5.90. The van der Waals surface area contributed by atoms with E-state index in [1.54, 1.807) is 10.9 Å². The lowest BCUT2D eigenvalue weighted by atomic mass is 10.1. The summed E-state index contributed by atoms with van der Waals surface area (Å²) < 4.78 is 19.4. The van der Waals surface area contributed by atoms with Gasteiger partial charge in [0.2, 0.25) is 0 Å². The number of ether oxygens (including phenoxy) is 3. The van der Waals surface area contributed by atoms with E-state index in [1.165, 1.54) is 6.33 Å². The topological polar surface area (TPSA) is 118 Å². The molecular weight excluding hydrogens is 290 g/mol. The van der Waals surface area contributed by atoms with Gasteiger partial charge in [-0.3, -0.25) is 4.57 Å². The molecule has 2 saturated heterocycles. The summed E-state index contributed by atoms with van der Waals surface area (Å²) >= 11 is 0. The van der Waals surface area contributed by atoms with Crippen LogP contribution in [0.5, 0.6) is 0 Å². The van der Waals surface area contributed by atoms with Gasteiger partial charge >= 0.3 is 0 Å². The molecule has 4 heterocycles. The van der Waals surface area contributed by atoms with E-state index < -0.39 is 18.1 Å². The summed E-state index contributed by atoms with van der Waals surface area (Å²) in [6.07, 6.45) is 1.30. The number of aliphatic hydroxyl groups is 1. The van der Waals surface area contributed by atoms with E-state index >= 15 is 0 Å². The van der Waals surface area contributed by atoms with Crippen LogP contribution in [0.15, 0.2) is 12.7 Å². The maximum atomic E-state index is 9.52. The standard InChI is InChI=1S/C13H17N5O4/c1-13(2)21-8-6(3-19)20-12(9(8)22-13)18-5-17-7-10(14)15-4-16-11(7)18/h4-6,8-9,12,19H,3H2,1-2H3,(H2,14,15,16)/t6-,8-,9?,12?/m1/s1. The number of rotatable bonds is 2. The zero-order valence-electron chi connectivity index (χ0n) is 12.2. The van der Waals surface area contributed by atoms with Crippen LogP contribution < -0.4 is 5.73 Å². The first-order chi connectivity index (χ1) is 10.5. The van der Waals surface area contributed by atoms with Crippen LogP contribution in [-0.4, -0.2) is 55.3 Å². The number of nitrogen functional groups attached to an aromatic ring is 1. The molecule has 0 amide bonds. The summed E-state index contributed by atoms with van der Waals surface area (Å²) in [7, 11) is 0. The van der Waals surface area contributed by atoms with Gasteiger partial charge in [0, 0.05) is 0 Å². The van der Waals surface area contributed by atoms with Crippen LogP contribution in [0, 0.1) is 0 Å². The van der Waals surface area contributed by atoms with Gasteiger partial charge in [0.25, 0.3) is 0 Å². The molecule has 4 rings (SSSR count). The van der Waals surface area contributed by atoms with Crippen molar-refractivity contribution in [2.24, 2.45) is 0 Å². The molecule has 2 unspecified atom stereocenters. The molecule has 22 heavy (non-hydrogen) atoms. The van der Waals surface area contributed by atoms with Crippen molar-refractivity contribution < 1.29 is 19.3 Å². The fraction of sp³-hybridized carbons (Fsp3) is 0.615. The Morgan fingerprint density at radius 2 is 2.05 bits per heavy atom. The molecule has 2 aliphatic heterocycles. The van der Waals surface area contributed by atoms with Crippen molar-refractivity contribution in [3.05, 3.63) is 12.7 Å². The maximum Gasteiger partial charge on any atom is 0.167 e. The van der Waals surface area contributed by atoms with E-state index in [-0.39, 0.29) is 18.8 Å². The van der Waals surface area contributed by atoms with Crippen LogP contribution in [0.25, 0.3) is 11.2 Å². The molecule has 2 aromatic rings. The van der Waals surface area contributed by atoms with Crippen LogP contribution in [0.4, 0.5) is 5.82 Å². The minimum Gasteiger partial charge on any atom is -0.394 e. The number of nitrogens with two attached hydrogens (primary N) is 1. The highest BCUT2D eigenvalue weighted by atomic mass is 16.8. The lowest BCUT2D eigenvalue weighted by molar-refractivity contribution is -0.199. The van der Waals surface area contributed by atoms with Gasteiger partial charge in [-0.25, -0.2) is 15.0 Å². The Morgan fingerprint density at radius 1 is 1.27 bits per heavy atom. The third-order valence-electron chi connectivity index (χ3n) is 3.97. The predicted molar refractivity (Wildman–Crippen MR) is 74.6 cm³/mol. The van der Waals surface area contributed by atoms with Crippen molar-refractivity contribution >= 4 is 17.0 Å². The highest BCUT2D eigenvalue weighted by Crippen LogP contribution is 2.43. The lowest BCUT2D eigenvalue weighted by Gasteiger charge is -2.24. The number of aliphatic hydroxyl groups excluding tert-OH is 1. The summed E-state index contributed by atoms with van der Waals surface area (Å²) in [5.74, 6) is -0.421. The first-order valence-electron chi connectivity index (χ1n) is 7.05. The summed E-state index contributed by atoms with van der Waals surface area (Å²) in [5.41, 5.74) is 6.87. The molecule has 9 nitrogen and oxygen atoms in total. The molecule has 2 fully saturated rings. The molecule has 0 bridgehead atoms. The van der Waals surface area contributed by atoms with Gasteiger partial charge in [0.05, 0.1) is 12.9 Å². The van der Waals surface area contributed by atoms with Crippen LogP contribution in [0.2, 0.25) is 0 Å². The van der Waals surface area contributed by atoms with E-state index in [0.717, 1.165) is 0 Å². The van der Waals surface area contributed by atoms with Crippen LogP contribution in [0.1, 0.15) is 20.1 Å². The molecule has 3 N–H and O–H groups in total. The van der Waals surface area contributed by atoms with E-state index in [1.807, 2.05) is 13.8 Å². The molecule has 2 aliphatic rings. The second kappa shape index (κ2) is 4.59. The minimum atomic E-state index is -0.727. The summed E-state index contributed by atoms with van der Waals surface area (Å²) in [4.78, 5) is 12.4. The maximum absolute atomic E-state index is 9.52. The summed E-state index contributed by atoms with van der Waals surface area (Å²) in [6, 6.07) is 0. The first-order valence-corrected chi connectivity index (χ1v) is 7.05. The van der Waals surface area contributed by atoms with E-state index in [9.17, 15) is 5.11 Å².